The molecule has 1 saturated carbocycles. The van der Waals surface area contributed by atoms with Gasteiger partial charge in [0.2, 0.25) is 5.91 Å². The normalized spacial score (nSPS) is 23.1. The highest BCUT2D eigenvalue weighted by Crippen LogP contribution is 2.28. The minimum atomic E-state index is 0.254. The summed E-state index contributed by atoms with van der Waals surface area (Å²) >= 11 is 0. The maximum atomic E-state index is 12.8. The monoisotopic (exact) mass is 441 g/mol. The minimum Gasteiger partial charge on any atom is -0.357 e. The molecule has 8 nitrogen and oxygen atoms in total. The molecule has 0 spiro atoms. The molecule has 2 saturated heterocycles. The van der Waals surface area contributed by atoms with Gasteiger partial charge in [-0.25, -0.2) is 9.98 Å². The molecule has 1 aromatic rings. The van der Waals surface area contributed by atoms with Gasteiger partial charge in [-0.1, -0.05) is 18.9 Å². The van der Waals surface area contributed by atoms with E-state index < -0.39 is 0 Å². The van der Waals surface area contributed by atoms with E-state index in [1.165, 1.54) is 12.8 Å². The number of carbonyl (C=O) groups is 1. The maximum Gasteiger partial charge on any atom is 0.225 e. The van der Waals surface area contributed by atoms with Gasteiger partial charge < -0.3 is 25.3 Å². The highest BCUT2D eigenvalue weighted by Gasteiger charge is 2.32. The van der Waals surface area contributed by atoms with E-state index in [0.717, 1.165) is 82.4 Å². The van der Waals surface area contributed by atoms with Crippen molar-refractivity contribution in [1.29, 1.82) is 0 Å². The molecule has 0 radical (unpaired) electrons. The van der Waals surface area contributed by atoms with Crippen LogP contribution in [0.2, 0.25) is 0 Å². The summed E-state index contributed by atoms with van der Waals surface area (Å²) in [6.45, 7) is 9.21. The SMILES string of the molecule is CCNC(=NCc1cccnc1N1CCN(C)CC1)NC1CCN(C(=O)C2CCCC2)C1. The number of likely N-dealkylation sites (N-methyl/N-ethyl adjacent to an activating group) is 1. The molecule has 3 aliphatic rings. The quantitative estimate of drug-likeness (QED) is 0.517. The Kier molecular flexibility index (Phi) is 7.84. The van der Waals surface area contributed by atoms with Crippen LogP contribution in [0.25, 0.3) is 0 Å². The van der Waals surface area contributed by atoms with E-state index in [9.17, 15) is 4.79 Å². The molecule has 1 aliphatic carbocycles. The second-order valence-electron chi connectivity index (χ2n) is 9.37. The van der Waals surface area contributed by atoms with Gasteiger partial charge in [-0.3, -0.25) is 4.79 Å². The molecular formula is C24H39N7O. The average Bonchev–Trinajstić information content (AvgIpc) is 3.51. The molecule has 1 aromatic heterocycles. The number of piperazine rings is 1. The van der Waals surface area contributed by atoms with Crippen LogP contribution >= 0.6 is 0 Å². The molecule has 1 amide bonds. The van der Waals surface area contributed by atoms with Crippen molar-refractivity contribution >= 4 is 17.7 Å². The van der Waals surface area contributed by atoms with Crippen molar-refractivity contribution in [3.05, 3.63) is 23.9 Å². The molecular weight excluding hydrogens is 402 g/mol. The highest BCUT2D eigenvalue weighted by molar-refractivity contribution is 5.81. The largest absolute Gasteiger partial charge is 0.357 e. The summed E-state index contributed by atoms with van der Waals surface area (Å²) < 4.78 is 0. The fraction of sp³-hybridized carbons (Fsp3) is 0.708. The number of pyridine rings is 1. The van der Waals surface area contributed by atoms with E-state index in [-0.39, 0.29) is 12.0 Å². The molecule has 2 N–H and O–H groups in total. The summed E-state index contributed by atoms with van der Waals surface area (Å²) in [6, 6.07) is 4.38. The van der Waals surface area contributed by atoms with Gasteiger partial charge in [0.25, 0.3) is 0 Å². The predicted octanol–water partition coefficient (Wildman–Crippen LogP) is 1.68. The van der Waals surface area contributed by atoms with Crippen molar-refractivity contribution in [3.63, 3.8) is 0 Å². The number of hydrogen-bond donors (Lipinski definition) is 2. The molecule has 1 unspecified atom stereocenters. The Bertz CT molecular complexity index is 784. The summed E-state index contributed by atoms with van der Waals surface area (Å²) in [5, 5.41) is 6.95. The third-order valence-corrected chi connectivity index (χ3v) is 6.97. The number of guanidine groups is 1. The van der Waals surface area contributed by atoms with Crippen LogP contribution in [0, 0.1) is 5.92 Å². The summed E-state index contributed by atoms with van der Waals surface area (Å²) in [6.07, 6.45) is 7.39. The molecule has 1 atom stereocenters. The Morgan fingerprint density at radius 2 is 1.94 bits per heavy atom. The van der Waals surface area contributed by atoms with Crippen LogP contribution in [0.5, 0.6) is 0 Å². The van der Waals surface area contributed by atoms with Gasteiger partial charge in [-0.05, 0) is 39.3 Å². The Morgan fingerprint density at radius 1 is 1.16 bits per heavy atom. The lowest BCUT2D eigenvalue weighted by atomic mass is 10.1. The lowest BCUT2D eigenvalue weighted by Gasteiger charge is -2.34. The van der Waals surface area contributed by atoms with E-state index in [0.29, 0.717) is 12.5 Å². The Hall–Kier alpha value is -2.35. The number of rotatable bonds is 6. The number of hydrogen-bond acceptors (Lipinski definition) is 5. The number of likely N-dealkylation sites (tertiary alicyclic amines) is 1. The van der Waals surface area contributed by atoms with Crippen molar-refractivity contribution in [2.75, 3.05) is 57.8 Å². The number of anilines is 1. The fourth-order valence-electron chi connectivity index (χ4n) is 5.04. The molecule has 0 aromatic carbocycles. The van der Waals surface area contributed by atoms with Gasteiger partial charge in [0, 0.05) is 69.5 Å². The van der Waals surface area contributed by atoms with Gasteiger partial charge in [0.15, 0.2) is 5.96 Å². The van der Waals surface area contributed by atoms with Crippen molar-refractivity contribution in [3.8, 4) is 0 Å². The third-order valence-electron chi connectivity index (χ3n) is 6.97. The number of carbonyl (C=O) groups excluding carboxylic acids is 1. The highest BCUT2D eigenvalue weighted by atomic mass is 16.2. The van der Waals surface area contributed by atoms with E-state index in [1.54, 1.807) is 0 Å². The van der Waals surface area contributed by atoms with Crippen LogP contribution in [-0.4, -0.2) is 85.6 Å². The van der Waals surface area contributed by atoms with Crippen LogP contribution in [0.15, 0.2) is 23.3 Å². The number of aromatic nitrogens is 1. The zero-order valence-electron chi connectivity index (χ0n) is 19.7. The Morgan fingerprint density at radius 3 is 2.69 bits per heavy atom. The Balaban J connectivity index is 1.36. The van der Waals surface area contributed by atoms with Gasteiger partial charge in [-0.15, -0.1) is 0 Å². The Labute approximate surface area is 192 Å². The van der Waals surface area contributed by atoms with Crippen LogP contribution in [0.3, 0.4) is 0 Å². The van der Waals surface area contributed by atoms with Gasteiger partial charge in [-0.2, -0.15) is 0 Å². The number of nitrogens with one attached hydrogen (secondary N) is 2. The number of aliphatic imine (C=N–C) groups is 1. The first kappa shape index (κ1) is 22.8. The fourth-order valence-corrected chi connectivity index (χ4v) is 5.04. The second kappa shape index (κ2) is 11.0. The van der Waals surface area contributed by atoms with Gasteiger partial charge in [0.1, 0.15) is 5.82 Å². The standard InChI is InChI=1S/C24H39N7O/c1-3-25-24(28-21-10-12-31(18-21)23(32)19-7-4-5-8-19)27-17-20-9-6-11-26-22(20)30-15-13-29(2)14-16-30/h6,9,11,19,21H,3-5,7-8,10,12-18H2,1-2H3,(H2,25,27,28). The molecule has 8 heteroatoms. The first-order chi connectivity index (χ1) is 15.6. The predicted molar refractivity (Wildman–Crippen MR) is 129 cm³/mol. The first-order valence-corrected chi connectivity index (χ1v) is 12.3. The first-order valence-electron chi connectivity index (χ1n) is 12.3. The minimum absolute atomic E-state index is 0.254. The second-order valence-corrected chi connectivity index (χ2v) is 9.37. The van der Waals surface area contributed by atoms with Crippen molar-refractivity contribution in [2.45, 2.75) is 51.6 Å². The van der Waals surface area contributed by atoms with Crippen LogP contribution in [0.1, 0.15) is 44.6 Å². The molecule has 4 rings (SSSR count). The zero-order valence-corrected chi connectivity index (χ0v) is 19.7. The van der Waals surface area contributed by atoms with Gasteiger partial charge in [0.05, 0.1) is 6.54 Å². The molecule has 176 valence electrons. The summed E-state index contributed by atoms with van der Waals surface area (Å²) in [5.41, 5.74) is 1.15. The number of nitrogens with zero attached hydrogens (tertiary/aromatic N) is 5. The number of amides is 1. The van der Waals surface area contributed by atoms with E-state index in [4.69, 9.17) is 4.99 Å². The zero-order chi connectivity index (χ0) is 22.3. The van der Waals surface area contributed by atoms with E-state index in [2.05, 4.69) is 50.4 Å². The smallest absolute Gasteiger partial charge is 0.225 e. The van der Waals surface area contributed by atoms with Crippen LogP contribution in [0.4, 0.5) is 5.82 Å². The topological polar surface area (TPSA) is 76.1 Å². The molecule has 2 aliphatic heterocycles. The molecule has 3 fully saturated rings. The van der Waals surface area contributed by atoms with Crippen molar-refractivity contribution in [1.82, 2.24) is 25.4 Å². The van der Waals surface area contributed by atoms with Crippen molar-refractivity contribution < 1.29 is 4.79 Å². The molecule has 0 bridgehead atoms. The van der Waals surface area contributed by atoms with Crippen LogP contribution in [-0.2, 0) is 11.3 Å². The van der Waals surface area contributed by atoms with E-state index in [1.807, 2.05) is 12.3 Å². The third kappa shape index (κ3) is 5.71. The van der Waals surface area contributed by atoms with Crippen molar-refractivity contribution in [2.24, 2.45) is 10.9 Å². The average molecular weight is 442 g/mol. The lowest BCUT2D eigenvalue weighted by Crippen LogP contribution is -2.45. The summed E-state index contributed by atoms with van der Waals surface area (Å²) in [5.74, 6) is 2.49. The maximum absolute atomic E-state index is 12.8. The van der Waals surface area contributed by atoms with Crippen LogP contribution < -0.4 is 15.5 Å². The summed E-state index contributed by atoms with van der Waals surface area (Å²) in [7, 11) is 2.17. The van der Waals surface area contributed by atoms with E-state index >= 15 is 0 Å². The lowest BCUT2D eigenvalue weighted by molar-refractivity contribution is -0.134. The summed E-state index contributed by atoms with van der Waals surface area (Å²) in [4.78, 5) is 29.1. The molecule has 32 heavy (non-hydrogen) atoms. The van der Waals surface area contributed by atoms with Gasteiger partial charge >= 0.3 is 0 Å². The molecule has 3 heterocycles.